The van der Waals surface area contributed by atoms with Gasteiger partial charge in [-0.05, 0) is 90.4 Å². The second kappa shape index (κ2) is 12.4. The monoisotopic (exact) mass is 535 g/mol. The summed E-state index contributed by atoms with van der Waals surface area (Å²) in [5.41, 5.74) is 10.5. The smallest absolute Gasteiger partial charge is 0.181 e. The number of pyridine rings is 1. The highest BCUT2D eigenvalue weighted by Gasteiger charge is 2.17. The predicted octanol–water partition coefficient (Wildman–Crippen LogP) is 8.24. The highest BCUT2D eigenvalue weighted by molar-refractivity contribution is 7.08. The highest BCUT2D eigenvalue weighted by Crippen LogP contribution is 2.34. The van der Waals surface area contributed by atoms with Crippen LogP contribution in [0.25, 0.3) is 33.6 Å². The molecule has 0 aromatic carbocycles. The first kappa shape index (κ1) is 26.9. The molecule has 1 fully saturated rings. The Bertz CT molecular complexity index is 1540. The van der Waals surface area contributed by atoms with Crippen LogP contribution in [0.3, 0.4) is 0 Å². The van der Waals surface area contributed by atoms with Crippen molar-refractivity contribution in [3.05, 3.63) is 107 Å². The van der Waals surface area contributed by atoms with Crippen LogP contribution in [-0.4, -0.2) is 33.3 Å². The first-order valence-corrected chi connectivity index (χ1v) is 14.7. The molecule has 4 aromatic rings. The van der Waals surface area contributed by atoms with Gasteiger partial charge < -0.3 is 10.3 Å². The largest absolute Gasteiger partial charge is 0.357 e. The van der Waals surface area contributed by atoms with Crippen LogP contribution >= 0.6 is 11.3 Å². The van der Waals surface area contributed by atoms with E-state index in [1.807, 2.05) is 18.3 Å². The molecule has 6 heteroatoms. The van der Waals surface area contributed by atoms with Crippen LogP contribution in [-0.2, 0) is 0 Å². The minimum Gasteiger partial charge on any atom is -0.357 e. The van der Waals surface area contributed by atoms with Gasteiger partial charge in [0.15, 0.2) is 5.65 Å². The summed E-state index contributed by atoms with van der Waals surface area (Å²) in [4.78, 5) is 8.26. The number of nitrogens with zero attached hydrogens (tertiary/aromatic N) is 2. The van der Waals surface area contributed by atoms with Crippen LogP contribution in [0.5, 0.6) is 0 Å². The van der Waals surface area contributed by atoms with Gasteiger partial charge in [0.25, 0.3) is 0 Å². The lowest BCUT2D eigenvalue weighted by atomic mass is 9.99. The summed E-state index contributed by atoms with van der Waals surface area (Å²) in [5, 5.41) is 16.6. The van der Waals surface area contributed by atoms with Gasteiger partial charge in [0.1, 0.15) is 0 Å². The lowest BCUT2D eigenvalue weighted by molar-refractivity contribution is 0.503. The Morgan fingerprint density at radius 1 is 1.21 bits per heavy atom. The van der Waals surface area contributed by atoms with Crippen LogP contribution in [0, 0.1) is 12.8 Å². The van der Waals surface area contributed by atoms with E-state index < -0.39 is 0 Å². The lowest BCUT2D eigenvalue weighted by Gasteiger charge is -2.12. The van der Waals surface area contributed by atoms with E-state index in [2.05, 4.69) is 99.7 Å². The van der Waals surface area contributed by atoms with E-state index in [1.54, 1.807) is 11.3 Å². The molecule has 0 bridgehead atoms. The minimum absolute atomic E-state index is 0.698. The number of aromatic nitrogens is 4. The molecule has 4 heterocycles. The number of nitrogens with one attached hydrogen (secondary N) is 3. The average Bonchev–Trinajstić information content (AvgIpc) is 3.77. The maximum absolute atomic E-state index is 4.69. The van der Waals surface area contributed by atoms with Gasteiger partial charge in [-0.1, -0.05) is 56.4 Å². The molecule has 0 aliphatic heterocycles. The predicted molar refractivity (Wildman–Crippen MR) is 167 cm³/mol. The number of aromatic amines is 2. The van der Waals surface area contributed by atoms with Crippen molar-refractivity contribution >= 4 is 33.5 Å². The fraction of sp³-hybridized carbons (Fsp3) is 0.273. The first-order chi connectivity index (χ1) is 19.1. The Morgan fingerprint density at radius 3 is 2.77 bits per heavy atom. The molecule has 1 aliphatic carbocycles. The standard InChI is InChI=1S/C33H37N5S/c1-5-10-28(26-13-14-39-21-26)29-17-31(36-22(29)4)32-30-16-27(20-35-33(30)38-37-32)25(7-3)15-23(6-2)18-34-19-24-11-8-9-12-24/h5-7,10,13-17,20-21,24,34,36H,1-2,8-9,11-12,18-19H2,3-4H3,(H,35,37,38)/b23-15+,25-7+,28-10-. The maximum atomic E-state index is 4.69. The molecule has 5 nitrogen and oxygen atoms in total. The quantitative estimate of drug-likeness (QED) is 0.169. The molecule has 0 atom stereocenters. The van der Waals surface area contributed by atoms with E-state index in [0.29, 0.717) is 5.65 Å². The van der Waals surface area contributed by atoms with Crippen molar-refractivity contribution in [3.63, 3.8) is 0 Å². The van der Waals surface area contributed by atoms with Gasteiger partial charge in [-0.2, -0.15) is 16.4 Å². The molecular formula is C33H37N5S. The van der Waals surface area contributed by atoms with Crippen molar-refractivity contribution in [1.29, 1.82) is 0 Å². The normalized spacial score (nSPS) is 15.4. The number of allylic oxidation sites excluding steroid dienone is 5. The minimum atomic E-state index is 0.698. The summed E-state index contributed by atoms with van der Waals surface area (Å²) in [7, 11) is 0. The molecule has 0 unspecified atom stereocenters. The Kier molecular flexibility index (Phi) is 8.54. The molecule has 5 rings (SSSR count). The number of hydrogen-bond acceptors (Lipinski definition) is 4. The van der Waals surface area contributed by atoms with E-state index in [0.717, 1.165) is 63.7 Å². The molecule has 200 valence electrons. The Hall–Kier alpha value is -3.74. The van der Waals surface area contributed by atoms with Gasteiger partial charge in [-0.25, -0.2) is 4.98 Å². The summed E-state index contributed by atoms with van der Waals surface area (Å²) < 4.78 is 0. The molecule has 0 amide bonds. The molecule has 3 N–H and O–H groups in total. The Morgan fingerprint density at radius 2 is 2.05 bits per heavy atom. The molecule has 4 aromatic heterocycles. The second-order valence-electron chi connectivity index (χ2n) is 10.2. The number of H-pyrrole nitrogens is 2. The van der Waals surface area contributed by atoms with Crippen LogP contribution in [0.1, 0.15) is 55.0 Å². The fourth-order valence-electron chi connectivity index (χ4n) is 5.46. The highest BCUT2D eigenvalue weighted by atomic mass is 32.1. The van der Waals surface area contributed by atoms with Crippen molar-refractivity contribution in [1.82, 2.24) is 25.5 Å². The number of fused-ring (bicyclic) bond motifs is 1. The molecule has 39 heavy (non-hydrogen) atoms. The van der Waals surface area contributed by atoms with Crippen molar-refractivity contribution < 1.29 is 0 Å². The van der Waals surface area contributed by atoms with Gasteiger partial charge in [0.2, 0.25) is 0 Å². The molecule has 1 aliphatic rings. The van der Waals surface area contributed by atoms with Crippen molar-refractivity contribution in [3.8, 4) is 11.4 Å². The van der Waals surface area contributed by atoms with Gasteiger partial charge in [0, 0.05) is 34.9 Å². The van der Waals surface area contributed by atoms with E-state index in [1.165, 1.54) is 36.8 Å². The molecule has 0 spiro atoms. The SMILES string of the molecule is C=C/C=C(/c1ccsc1)c1cc(-c2[nH]nc3ncc(C(/C=C(\C=C)CNCC4CCCC4)=C/C)cc23)[nH]c1C. The fourth-order valence-corrected chi connectivity index (χ4v) is 6.12. The first-order valence-electron chi connectivity index (χ1n) is 13.7. The number of hydrogen-bond donors (Lipinski definition) is 3. The molecule has 1 saturated carbocycles. The number of thiophene rings is 1. The van der Waals surface area contributed by atoms with Crippen LogP contribution in [0.15, 0.2) is 84.3 Å². The summed E-state index contributed by atoms with van der Waals surface area (Å²) in [6.07, 6.45) is 17.5. The second-order valence-corrected chi connectivity index (χ2v) is 11.0. The summed E-state index contributed by atoms with van der Waals surface area (Å²) in [6.45, 7) is 14.1. The van der Waals surface area contributed by atoms with E-state index in [9.17, 15) is 0 Å². The Labute approximate surface area is 235 Å². The van der Waals surface area contributed by atoms with Crippen molar-refractivity contribution in [2.75, 3.05) is 13.1 Å². The average molecular weight is 536 g/mol. The van der Waals surface area contributed by atoms with Crippen LogP contribution in [0.2, 0.25) is 0 Å². The molecular weight excluding hydrogens is 498 g/mol. The zero-order chi connectivity index (χ0) is 27.2. The van der Waals surface area contributed by atoms with Gasteiger partial charge in [-0.3, -0.25) is 5.10 Å². The maximum Gasteiger partial charge on any atom is 0.181 e. The topological polar surface area (TPSA) is 69.4 Å². The summed E-state index contributed by atoms with van der Waals surface area (Å²) in [5.74, 6) is 0.814. The third kappa shape index (κ3) is 5.97. The Balaban J connectivity index is 1.43. The van der Waals surface area contributed by atoms with Crippen molar-refractivity contribution in [2.24, 2.45) is 5.92 Å². The van der Waals surface area contributed by atoms with E-state index >= 15 is 0 Å². The zero-order valence-corrected chi connectivity index (χ0v) is 23.7. The molecule has 0 radical (unpaired) electrons. The van der Waals surface area contributed by atoms with E-state index in [4.69, 9.17) is 0 Å². The molecule has 0 saturated heterocycles. The lowest BCUT2D eigenvalue weighted by Crippen LogP contribution is -2.23. The van der Waals surface area contributed by atoms with Crippen LogP contribution in [0.4, 0.5) is 0 Å². The third-order valence-corrected chi connectivity index (χ3v) is 8.27. The van der Waals surface area contributed by atoms with Crippen molar-refractivity contribution in [2.45, 2.75) is 39.5 Å². The van der Waals surface area contributed by atoms with Gasteiger partial charge in [-0.15, -0.1) is 0 Å². The summed E-state index contributed by atoms with van der Waals surface area (Å²) in [6, 6.07) is 6.50. The van der Waals surface area contributed by atoms with Crippen LogP contribution < -0.4 is 5.32 Å². The third-order valence-electron chi connectivity index (χ3n) is 7.58. The summed E-state index contributed by atoms with van der Waals surface area (Å²) >= 11 is 1.69. The number of rotatable bonds is 11. The van der Waals surface area contributed by atoms with E-state index in [-0.39, 0.29) is 0 Å². The zero-order valence-electron chi connectivity index (χ0n) is 22.9. The van der Waals surface area contributed by atoms with Gasteiger partial charge in [0.05, 0.1) is 11.4 Å². The number of aryl methyl sites for hydroxylation is 1. The van der Waals surface area contributed by atoms with Gasteiger partial charge >= 0.3 is 0 Å².